The molecule has 2 aromatic carbocycles. The van der Waals surface area contributed by atoms with E-state index in [1.54, 1.807) is 11.8 Å². The van der Waals surface area contributed by atoms with E-state index in [1.807, 2.05) is 26.0 Å². The summed E-state index contributed by atoms with van der Waals surface area (Å²) in [5.74, 6) is 1.63. The van der Waals surface area contributed by atoms with Crippen molar-refractivity contribution in [3.05, 3.63) is 52.1 Å². The molecule has 2 nitrogen and oxygen atoms in total. The van der Waals surface area contributed by atoms with Crippen molar-refractivity contribution in [3.63, 3.8) is 0 Å². The van der Waals surface area contributed by atoms with E-state index >= 15 is 0 Å². The third-order valence-electron chi connectivity index (χ3n) is 4.66. The maximum Gasteiger partial charge on any atom is 0.123 e. The first-order chi connectivity index (χ1) is 11.8. The Bertz CT molecular complexity index is 750. The number of benzene rings is 2. The zero-order valence-corrected chi connectivity index (χ0v) is 18.1. The molecule has 2 rings (SSSR count). The molecular formula is C23H32O2S. The second-order valence-electron chi connectivity index (χ2n) is 9.23. The van der Waals surface area contributed by atoms with Gasteiger partial charge >= 0.3 is 0 Å². The summed E-state index contributed by atoms with van der Waals surface area (Å²) in [6, 6.07) is 8.33. The van der Waals surface area contributed by atoms with Crippen molar-refractivity contribution in [2.45, 2.75) is 76.9 Å². The lowest BCUT2D eigenvalue weighted by molar-refractivity contribution is 0.423. The molecule has 0 aliphatic heterocycles. The van der Waals surface area contributed by atoms with Gasteiger partial charge in [0, 0.05) is 10.6 Å². The topological polar surface area (TPSA) is 40.5 Å². The molecule has 0 spiro atoms. The number of rotatable bonds is 3. The van der Waals surface area contributed by atoms with Gasteiger partial charge in [-0.15, -0.1) is 11.8 Å². The average molecular weight is 373 g/mol. The molecule has 142 valence electrons. The highest BCUT2D eigenvalue weighted by atomic mass is 32.2. The van der Waals surface area contributed by atoms with Crippen LogP contribution in [0, 0.1) is 13.8 Å². The smallest absolute Gasteiger partial charge is 0.123 e. The summed E-state index contributed by atoms with van der Waals surface area (Å²) < 4.78 is 0. The number of phenols is 2. The fourth-order valence-corrected chi connectivity index (χ4v) is 4.11. The number of thioether (sulfide) groups is 1. The maximum atomic E-state index is 10.8. The quantitative estimate of drug-likeness (QED) is 0.596. The Morgan fingerprint density at radius 1 is 0.731 bits per heavy atom. The normalized spacial score (nSPS) is 12.5. The van der Waals surface area contributed by atoms with Crippen LogP contribution in [0.5, 0.6) is 11.5 Å². The molecule has 0 atom stereocenters. The van der Waals surface area contributed by atoms with Gasteiger partial charge in [-0.25, -0.2) is 0 Å². The Labute approximate surface area is 162 Å². The van der Waals surface area contributed by atoms with Crippen LogP contribution in [0.3, 0.4) is 0 Å². The monoisotopic (exact) mass is 372 g/mol. The van der Waals surface area contributed by atoms with Crippen LogP contribution >= 0.6 is 11.8 Å². The van der Waals surface area contributed by atoms with Crippen LogP contribution in [0.15, 0.2) is 29.2 Å². The first kappa shape index (κ1) is 20.7. The second kappa shape index (κ2) is 7.19. The van der Waals surface area contributed by atoms with Crippen LogP contribution in [-0.4, -0.2) is 10.2 Å². The third-order valence-corrected chi connectivity index (χ3v) is 5.70. The van der Waals surface area contributed by atoms with Crippen molar-refractivity contribution >= 4 is 11.8 Å². The van der Waals surface area contributed by atoms with Crippen molar-refractivity contribution in [2.24, 2.45) is 0 Å². The van der Waals surface area contributed by atoms with E-state index in [0.29, 0.717) is 11.5 Å². The Morgan fingerprint density at radius 3 is 1.54 bits per heavy atom. The van der Waals surface area contributed by atoms with E-state index < -0.39 is 0 Å². The van der Waals surface area contributed by atoms with Crippen LogP contribution < -0.4 is 0 Å². The molecule has 26 heavy (non-hydrogen) atoms. The molecule has 0 saturated carbocycles. The Kier molecular flexibility index (Phi) is 5.72. The lowest BCUT2D eigenvalue weighted by Crippen LogP contribution is -2.17. The first-order valence-electron chi connectivity index (χ1n) is 9.10. The minimum absolute atomic E-state index is 0.115. The van der Waals surface area contributed by atoms with Crippen LogP contribution in [0.25, 0.3) is 0 Å². The zero-order chi connectivity index (χ0) is 19.9. The van der Waals surface area contributed by atoms with E-state index in [9.17, 15) is 10.2 Å². The molecule has 0 aromatic heterocycles. The molecule has 0 fully saturated rings. The van der Waals surface area contributed by atoms with Crippen LogP contribution in [0.4, 0.5) is 0 Å². The Morgan fingerprint density at radius 2 is 1.15 bits per heavy atom. The number of aromatic hydroxyl groups is 2. The summed E-state index contributed by atoms with van der Waals surface area (Å²) in [5, 5.41) is 20.8. The molecule has 2 N–H and O–H groups in total. The minimum Gasteiger partial charge on any atom is -0.507 e. The van der Waals surface area contributed by atoms with Crippen molar-refractivity contribution in [1.82, 2.24) is 0 Å². The fraction of sp³-hybridized carbons (Fsp3) is 0.478. The lowest BCUT2D eigenvalue weighted by atomic mass is 9.78. The average Bonchev–Trinajstić information content (AvgIpc) is 2.49. The number of hydrogen-bond donors (Lipinski definition) is 2. The molecule has 0 aliphatic carbocycles. The van der Waals surface area contributed by atoms with E-state index in [0.717, 1.165) is 32.9 Å². The van der Waals surface area contributed by atoms with E-state index in [1.165, 1.54) is 5.56 Å². The Balaban J connectivity index is 2.41. The summed E-state index contributed by atoms with van der Waals surface area (Å²) in [6.07, 6.45) is 0. The van der Waals surface area contributed by atoms with E-state index in [4.69, 9.17) is 0 Å². The molecule has 2 aromatic rings. The van der Waals surface area contributed by atoms with E-state index in [2.05, 4.69) is 53.7 Å². The van der Waals surface area contributed by atoms with Gasteiger partial charge in [0.15, 0.2) is 0 Å². The molecule has 3 heteroatoms. The number of hydrogen-bond acceptors (Lipinski definition) is 3. The van der Waals surface area contributed by atoms with Gasteiger partial charge in [0.05, 0.1) is 0 Å². The van der Waals surface area contributed by atoms with Gasteiger partial charge in [0.2, 0.25) is 0 Å². The largest absolute Gasteiger partial charge is 0.507 e. The number of aryl methyl sites for hydroxylation is 2. The fourth-order valence-electron chi connectivity index (χ4n) is 3.09. The van der Waals surface area contributed by atoms with Gasteiger partial charge in [0.25, 0.3) is 0 Å². The zero-order valence-electron chi connectivity index (χ0n) is 17.3. The highest BCUT2D eigenvalue weighted by Gasteiger charge is 2.26. The highest BCUT2D eigenvalue weighted by molar-refractivity contribution is 7.98. The predicted molar refractivity (Wildman–Crippen MR) is 113 cm³/mol. The molecule has 0 amide bonds. The molecule has 0 bridgehead atoms. The summed E-state index contributed by atoms with van der Waals surface area (Å²) >= 11 is 1.76. The molecule has 0 saturated heterocycles. The highest BCUT2D eigenvalue weighted by Crippen LogP contribution is 2.41. The Hall–Kier alpha value is -1.61. The molecule has 0 heterocycles. The molecule has 0 radical (unpaired) electrons. The second-order valence-corrected chi connectivity index (χ2v) is 10.3. The van der Waals surface area contributed by atoms with Gasteiger partial charge in [-0.3, -0.25) is 0 Å². The van der Waals surface area contributed by atoms with Gasteiger partial charge in [-0.05, 0) is 64.6 Å². The van der Waals surface area contributed by atoms with Gasteiger partial charge in [-0.2, -0.15) is 0 Å². The summed E-state index contributed by atoms with van der Waals surface area (Å²) in [4.78, 5) is 1.15. The lowest BCUT2D eigenvalue weighted by Gasteiger charge is -2.28. The molecular weight excluding hydrogens is 340 g/mol. The molecule has 0 aliphatic rings. The van der Waals surface area contributed by atoms with Crippen LogP contribution in [0.1, 0.15) is 69.4 Å². The SMILES string of the molecule is Cc1cc(SCc2cc(C(C)(C)C)c(O)c(C(C)(C)C)c2)cc(C)c1O. The standard InChI is InChI=1S/C23H32O2S/c1-14-9-17(10-15(2)20(14)24)26-13-16-11-18(22(3,4)5)21(25)19(12-16)23(6,7)8/h9-12,24-25H,13H2,1-8H3. The summed E-state index contributed by atoms with van der Waals surface area (Å²) in [7, 11) is 0. The third kappa shape index (κ3) is 4.56. The van der Waals surface area contributed by atoms with Gasteiger partial charge < -0.3 is 10.2 Å². The summed E-state index contributed by atoms with van der Waals surface area (Å²) in [6.45, 7) is 16.7. The van der Waals surface area contributed by atoms with Crippen molar-refractivity contribution in [3.8, 4) is 11.5 Å². The summed E-state index contributed by atoms with van der Waals surface area (Å²) in [5.41, 5.74) is 4.79. The molecule has 0 unspecified atom stereocenters. The van der Waals surface area contributed by atoms with Gasteiger partial charge in [-0.1, -0.05) is 53.7 Å². The number of phenolic OH excluding ortho intramolecular Hbond substituents is 2. The van der Waals surface area contributed by atoms with Crippen molar-refractivity contribution in [2.75, 3.05) is 0 Å². The van der Waals surface area contributed by atoms with Crippen LogP contribution in [-0.2, 0) is 16.6 Å². The van der Waals surface area contributed by atoms with Gasteiger partial charge in [0.1, 0.15) is 11.5 Å². The van der Waals surface area contributed by atoms with Crippen molar-refractivity contribution in [1.29, 1.82) is 0 Å². The van der Waals surface area contributed by atoms with Crippen molar-refractivity contribution < 1.29 is 10.2 Å². The van der Waals surface area contributed by atoms with Crippen LogP contribution in [0.2, 0.25) is 0 Å². The maximum absolute atomic E-state index is 10.8. The van der Waals surface area contributed by atoms with E-state index in [-0.39, 0.29) is 10.8 Å². The minimum atomic E-state index is -0.115. The first-order valence-corrected chi connectivity index (χ1v) is 10.1. The predicted octanol–water partition coefficient (Wildman–Crippen LogP) is 6.60.